The highest BCUT2D eigenvalue weighted by Gasteiger charge is 2.32. The van der Waals surface area contributed by atoms with Crippen LogP contribution >= 0.6 is 0 Å². The molecule has 3 aromatic rings. The Labute approximate surface area is 251 Å². The van der Waals surface area contributed by atoms with Crippen molar-refractivity contribution >= 4 is 0 Å². The molecule has 6 rings (SSSR count). The first kappa shape index (κ1) is 28.8. The predicted molar refractivity (Wildman–Crippen MR) is 176 cm³/mol. The van der Waals surface area contributed by atoms with Crippen LogP contribution in [0.5, 0.6) is 0 Å². The smallest absolute Gasteiger partial charge is 0.00201 e. The van der Waals surface area contributed by atoms with Gasteiger partial charge in [-0.15, -0.1) is 0 Å². The summed E-state index contributed by atoms with van der Waals surface area (Å²) in [4.78, 5) is 0. The minimum Gasteiger partial charge on any atom is -0.0625 e. The van der Waals surface area contributed by atoms with Crippen molar-refractivity contribution in [3.8, 4) is 0 Å². The quantitative estimate of drug-likeness (QED) is 0.288. The molecule has 0 aliphatic heterocycles. The minimum atomic E-state index is 0.165. The molecular weight excluding hydrogens is 492 g/mol. The van der Waals surface area contributed by atoms with Crippen LogP contribution in [0, 0.1) is 24.7 Å². The zero-order valence-electron chi connectivity index (χ0n) is 26.7. The first-order chi connectivity index (χ1) is 19.8. The maximum atomic E-state index is 2.57. The molecule has 3 aliphatic rings. The van der Waals surface area contributed by atoms with Gasteiger partial charge in [-0.1, -0.05) is 95.1 Å². The Hall–Kier alpha value is -2.34. The molecule has 41 heavy (non-hydrogen) atoms. The molecule has 3 aromatic carbocycles. The van der Waals surface area contributed by atoms with Crippen LogP contribution in [0.25, 0.3) is 0 Å². The molecule has 3 aliphatic carbocycles. The van der Waals surface area contributed by atoms with E-state index in [0.717, 1.165) is 36.5 Å². The van der Waals surface area contributed by atoms with Gasteiger partial charge < -0.3 is 0 Å². The third kappa shape index (κ3) is 6.38. The number of rotatable bonds is 6. The van der Waals surface area contributed by atoms with Gasteiger partial charge in [0.15, 0.2) is 0 Å². The van der Waals surface area contributed by atoms with E-state index in [1.54, 1.807) is 22.3 Å². The van der Waals surface area contributed by atoms with Crippen molar-refractivity contribution in [1.82, 2.24) is 0 Å². The number of benzene rings is 3. The zero-order valence-corrected chi connectivity index (χ0v) is 26.7. The highest BCUT2D eigenvalue weighted by Crippen LogP contribution is 2.46. The van der Waals surface area contributed by atoms with Crippen LogP contribution in [0.2, 0.25) is 0 Å². The fourth-order valence-electron chi connectivity index (χ4n) is 8.87. The predicted octanol–water partition coefficient (Wildman–Crippen LogP) is 11.1. The SMILES string of the molecule is Cc1ccc(Cc2ccc(C3CCC(C4CCC(C)CC4)CC3)c3c2CCC3)cc1Cc1ccccc1C(C)(C)C. The van der Waals surface area contributed by atoms with E-state index in [4.69, 9.17) is 0 Å². The fraction of sp³-hybridized carbons (Fsp3) is 0.561. The molecule has 0 atom stereocenters. The lowest BCUT2D eigenvalue weighted by atomic mass is 9.68. The Bertz CT molecular complexity index is 1330. The monoisotopic (exact) mass is 546 g/mol. The van der Waals surface area contributed by atoms with Gasteiger partial charge in [0.2, 0.25) is 0 Å². The highest BCUT2D eigenvalue weighted by molar-refractivity contribution is 5.48. The summed E-state index contributed by atoms with van der Waals surface area (Å²) in [5, 5.41) is 0. The lowest BCUT2D eigenvalue weighted by molar-refractivity contribution is 0.165. The van der Waals surface area contributed by atoms with E-state index in [-0.39, 0.29) is 5.41 Å². The van der Waals surface area contributed by atoms with Crippen LogP contribution in [0.3, 0.4) is 0 Å². The summed E-state index contributed by atoms with van der Waals surface area (Å²) < 4.78 is 0. The van der Waals surface area contributed by atoms with Gasteiger partial charge in [-0.3, -0.25) is 0 Å². The zero-order chi connectivity index (χ0) is 28.6. The van der Waals surface area contributed by atoms with Crippen molar-refractivity contribution in [2.45, 2.75) is 129 Å². The Morgan fingerprint density at radius 3 is 2.07 bits per heavy atom. The van der Waals surface area contributed by atoms with Crippen LogP contribution in [0.4, 0.5) is 0 Å². The fourth-order valence-corrected chi connectivity index (χ4v) is 8.87. The number of aryl methyl sites for hydroxylation is 1. The Morgan fingerprint density at radius 2 is 1.34 bits per heavy atom. The topological polar surface area (TPSA) is 0 Å². The molecule has 0 amide bonds. The van der Waals surface area contributed by atoms with Gasteiger partial charge >= 0.3 is 0 Å². The van der Waals surface area contributed by atoms with E-state index in [2.05, 4.69) is 89.2 Å². The van der Waals surface area contributed by atoms with Crippen LogP contribution in [-0.4, -0.2) is 0 Å². The second-order valence-corrected chi connectivity index (χ2v) is 15.3. The van der Waals surface area contributed by atoms with E-state index >= 15 is 0 Å². The molecule has 0 bridgehead atoms. The molecule has 0 heterocycles. The van der Waals surface area contributed by atoms with E-state index < -0.39 is 0 Å². The molecule has 0 N–H and O–H groups in total. The van der Waals surface area contributed by atoms with E-state index in [0.29, 0.717) is 0 Å². The van der Waals surface area contributed by atoms with Crippen molar-refractivity contribution in [3.05, 3.63) is 105 Å². The lowest BCUT2D eigenvalue weighted by Crippen LogP contribution is -2.25. The molecule has 0 nitrogen and oxygen atoms in total. The summed E-state index contributed by atoms with van der Waals surface area (Å²) in [6.45, 7) is 11.8. The average Bonchev–Trinajstić information content (AvgIpc) is 3.46. The van der Waals surface area contributed by atoms with Gasteiger partial charge in [0.05, 0.1) is 0 Å². The number of fused-ring (bicyclic) bond motifs is 1. The molecule has 0 aromatic heterocycles. The largest absolute Gasteiger partial charge is 0.0625 e. The first-order valence-electron chi connectivity index (χ1n) is 17.1. The van der Waals surface area contributed by atoms with Crippen molar-refractivity contribution in [2.75, 3.05) is 0 Å². The number of hydrogen-bond donors (Lipinski definition) is 0. The molecule has 0 spiro atoms. The highest BCUT2D eigenvalue weighted by atomic mass is 14.4. The standard InChI is InChI=1S/C41H54/c1-28-13-17-31(18-14-28)32-19-21-33(22-20-32)38-24-23-34(37-10-8-11-39(37)38)25-30-16-15-29(2)36(26-30)27-35-9-6-7-12-40(35)41(3,4)5/h6-7,9,12,15-16,23-24,26,28,31-33H,8,10-11,13-14,17-22,25,27H2,1-5H3. The summed E-state index contributed by atoms with van der Waals surface area (Å²) in [7, 11) is 0. The molecule has 0 radical (unpaired) electrons. The van der Waals surface area contributed by atoms with Crippen molar-refractivity contribution in [2.24, 2.45) is 17.8 Å². The van der Waals surface area contributed by atoms with Gasteiger partial charge in [0.1, 0.15) is 0 Å². The molecular formula is C41H54. The first-order valence-corrected chi connectivity index (χ1v) is 17.1. The summed E-state index contributed by atoms with van der Waals surface area (Å²) >= 11 is 0. The second kappa shape index (κ2) is 12.1. The summed E-state index contributed by atoms with van der Waals surface area (Å²) in [5.41, 5.74) is 14.3. The van der Waals surface area contributed by atoms with Crippen LogP contribution < -0.4 is 0 Å². The molecule has 2 saturated carbocycles. The molecule has 2 fully saturated rings. The molecule has 0 heteroatoms. The van der Waals surface area contributed by atoms with Crippen LogP contribution in [0.1, 0.15) is 141 Å². The van der Waals surface area contributed by atoms with Crippen molar-refractivity contribution < 1.29 is 0 Å². The van der Waals surface area contributed by atoms with Crippen LogP contribution in [-0.2, 0) is 31.1 Å². The van der Waals surface area contributed by atoms with Crippen molar-refractivity contribution in [1.29, 1.82) is 0 Å². The second-order valence-electron chi connectivity index (χ2n) is 15.3. The third-order valence-electron chi connectivity index (χ3n) is 11.4. The minimum absolute atomic E-state index is 0.165. The van der Waals surface area contributed by atoms with Gasteiger partial charge in [0.25, 0.3) is 0 Å². The molecule has 218 valence electrons. The average molecular weight is 547 g/mol. The van der Waals surface area contributed by atoms with Crippen molar-refractivity contribution in [3.63, 3.8) is 0 Å². The lowest BCUT2D eigenvalue weighted by Gasteiger charge is -2.37. The Morgan fingerprint density at radius 1 is 0.659 bits per heavy atom. The maximum absolute atomic E-state index is 2.57. The Kier molecular flexibility index (Phi) is 8.49. The van der Waals surface area contributed by atoms with Gasteiger partial charge in [0, 0.05) is 0 Å². The van der Waals surface area contributed by atoms with E-state index in [9.17, 15) is 0 Å². The van der Waals surface area contributed by atoms with Gasteiger partial charge in [-0.25, -0.2) is 0 Å². The van der Waals surface area contributed by atoms with E-state index in [1.807, 2.05) is 0 Å². The molecule has 0 saturated heterocycles. The summed E-state index contributed by atoms with van der Waals surface area (Å²) in [6, 6.07) is 21.4. The summed E-state index contributed by atoms with van der Waals surface area (Å²) in [6.07, 6.45) is 17.8. The number of hydrogen-bond acceptors (Lipinski definition) is 0. The Balaban J connectivity index is 1.17. The maximum Gasteiger partial charge on any atom is -0.00201 e. The third-order valence-corrected chi connectivity index (χ3v) is 11.4. The van der Waals surface area contributed by atoms with Crippen LogP contribution in [0.15, 0.2) is 54.6 Å². The van der Waals surface area contributed by atoms with E-state index in [1.165, 1.54) is 98.4 Å². The van der Waals surface area contributed by atoms with Gasteiger partial charge in [-0.05, 0) is 157 Å². The molecule has 0 unspecified atom stereocenters. The van der Waals surface area contributed by atoms with Gasteiger partial charge in [-0.2, -0.15) is 0 Å². The normalized spacial score (nSPS) is 24.8. The summed E-state index contributed by atoms with van der Waals surface area (Å²) in [5.74, 6) is 3.82.